The van der Waals surface area contributed by atoms with E-state index in [-0.39, 0.29) is 5.78 Å². The second-order valence-corrected chi connectivity index (χ2v) is 4.27. The summed E-state index contributed by atoms with van der Waals surface area (Å²) < 4.78 is 5.24. The maximum atomic E-state index is 11.9. The average Bonchev–Trinajstić information content (AvgIpc) is 2.54. The lowest BCUT2D eigenvalue weighted by atomic mass is 10.1. The fraction of sp³-hybridized carbons (Fsp3) is 0.0588. The molecule has 106 valence electrons. The summed E-state index contributed by atoms with van der Waals surface area (Å²) >= 11 is 0. The molecule has 0 spiro atoms. The monoisotopic (exact) mass is 281 g/mol. The molecule has 2 aromatic rings. The van der Waals surface area contributed by atoms with Crippen LogP contribution in [0.2, 0.25) is 0 Å². The first-order valence-corrected chi connectivity index (χ1v) is 6.46. The molecular formula is C17H15NO3. The predicted molar refractivity (Wildman–Crippen MR) is 80.4 cm³/mol. The van der Waals surface area contributed by atoms with E-state index in [0.717, 1.165) is 0 Å². The molecule has 0 unspecified atom stereocenters. The highest BCUT2D eigenvalue weighted by Gasteiger charge is 2.08. The predicted octanol–water partition coefficient (Wildman–Crippen LogP) is 2.82. The van der Waals surface area contributed by atoms with Crippen molar-refractivity contribution in [2.45, 2.75) is 0 Å². The summed E-state index contributed by atoms with van der Waals surface area (Å²) in [5, 5.41) is 2.75. The molecule has 0 radical (unpaired) electrons. The number of nitrogens with one attached hydrogen (secondary N) is 1. The molecule has 0 bridgehead atoms. The standard InChI is InChI=1S/C17H15NO3/c1-18-12-11-16(19)13-7-9-15(10-8-13)21-17(20)14-5-3-2-4-6-14/h2-12,18H,1H3. The molecule has 0 saturated heterocycles. The van der Waals surface area contributed by atoms with Gasteiger partial charge in [0.05, 0.1) is 5.56 Å². The van der Waals surface area contributed by atoms with Crippen LogP contribution < -0.4 is 10.1 Å². The van der Waals surface area contributed by atoms with E-state index in [1.54, 1.807) is 61.8 Å². The first-order chi connectivity index (χ1) is 10.2. The molecule has 2 aromatic carbocycles. The number of hydrogen-bond acceptors (Lipinski definition) is 4. The first-order valence-electron chi connectivity index (χ1n) is 6.46. The molecule has 0 aliphatic carbocycles. The van der Waals surface area contributed by atoms with Crippen molar-refractivity contribution in [1.29, 1.82) is 0 Å². The van der Waals surface area contributed by atoms with Crippen LogP contribution in [0.25, 0.3) is 0 Å². The lowest BCUT2D eigenvalue weighted by Gasteiger charge is -2.04. The zero-order valence-electron chi connectivity index (χ0n) is 11.6. The van der Waals surface area contributed by atoms with E-state index in [9.17, 15) is 9.59 Å². The third-order valence-corrected chi connectivity index (χ3v) is 2.76. The summed E-state index contributed by atoms with van der Waals surface area (Å²) in [5.74, 6) is -0.145. The lowest BCUT2D eigenvalue weighted by Crippen LogP contribution is -2.08. The minimum atomic E-state index is -0.426. The van der Waals surface area contributed by atoms with Crippen LogP contribution in [0.5, 0.6) is 5.75 Å². The van der Waals surface area contributed by atoms with Crippen molar-refractivity contribution in [3.8, 4) is 5.75 Å². The zero-order chi connectivity index (χ0) is 15.1. The highest BCUT2D eigenvalue weighted by atomic mass is 16.5. The van der Waals surface area contributed by atoms with Crippen molar-refractivity contribution in [2.24, 2.45) is 0 Å². The Labute approximate surface area is 123 Å². The van der Waals surface area contributed by atoms with Crippen LogP contribution in [-0.2, 0) is 0 Å². The highest BCUT2D eigenvalue weighted by Crippen LogP contribution is 2.15. The van der Waals surface area contributed by atoms with E-state index < -0.39 is 5.97 Å². The molecule has 2 rings (SSSR count). The highest BCUT2D eigenvalue weighted by molar-refractivity contribution is 6.04. The fourth-order valence-electron chi connectivity index (χ4n) is 1.68. The van der Waals surface area contributed by atoms with Gasteiger partial charge in [0.2, 0.25) is 0 Å². The summed E-state index contributed by atoms with van der Waals surface area (Å²) in [4.78, 5) is 23.6. The van der Waals surface area contributed by atoms with Gasteiger partial charge in [0, 0.05) is 24.9 Å². The third kappa shape index (κ3) is 4.04. The Morgan fingerprint density at radius 1 is 0.952 bits per heavy atom. The number of ketones is 1. The zero-order valence-corrected chi connectivity index (χ0v) is 11.6. The van der Waals surface area contributed by atoms with Crippen molar-refractivity contribution in [1.82, 2.24) is 5.32 Å². The number of hydrogen-bond donors (Lipinski definition) is 1. The molecule has 0 atom stereocenters. The van der Waals surface area contributed by atoms with Crippen LogP contribution in [-0.4, -0.2) is 18.8 Å². The van der Waals surface area contributed by atoms with Gasteiger partial charge in [-0.3, -0.25) is 4.79 Å². The molecule has 0 aliphatic heterocycles. The Bertz CT molecular complexity index is 645. The second kappa shape index (κ2) is 7.05. The summed E-state index contributed by atoms with van der Waals surface area (Å²) in [6.45, 7) is 0. The van der Waals surface area contributed by atoms with Crippen LogP contribution >= 0.6 is 0 Å². The number of rotatable bonds is 5. The normalized spacial score (nSPS) is 10.3. The second-order valence-electron chi connectivity index (χ2n) is 4.27. The van der Waals surface area contributed by atoms with Gasteiger partial charge in [-0.15, -0.1) is 0 Å². The van der Waals surface area contributed by atoms with E-state index >= 15 is 0 Å². The van der Waals surface area contributed by atoms with Gasteiger partial charge in [-0.1, -0.05) is 18.2 Å². The van der Waals surface area contributed by atoms with Crippen LogP contribution in [0.4, 0.5) is 0 Å². The summed E-state index contributed by atoms with van der Waals surface area (Å²) in [5.41, 5.74) is 1.01. The van der Waals surface area contributed by atoms with Gasteiger partial charge in [-0.2, -0.15) is 0 Å². The number of carbonyl (C=O) groups is 2. The number of ether oxygens (including phenoxy) is 1. The van der Waals surface area contributed by atoms with Gasteiger partial charge in [-0.05, 0) is 36.4 Å². The smallest absolute Gasteiger partial charge is 0.343 e. The van der Waals surface area contributed by atoms with Crippen molar-refractivity contribution in [2.75, 3.05) is 7.05 Å². The molecule has 0 fully saturated rings. The van der Waals surface area contributed by atoms with E-state index in [4.69, 9.17) is 4.74 Å². The molecular weight excluding hydrogens is 266 g/mol. The maximum Gasteiger partial charge on any atom is 0.343 e. The average molecular weight is 281 g/mol. The molecule has 4 heteroatoms. The quantitative estimate of drug-likeness (QED) is 0.396. The van der Waals surface area contributed by atoms with Crippen LogP contribution in [0.1, 0.15) is 20.7 Å². The fourth-order valence-corrected chi connectivity index (χ4v) is 1.68. The van der Waals surface area contributed by atoms with Gasteiger partial charge >= 0.3 is 5.97 Å². The van der Waals surface area contributed by atoms with E-state index in [1.807, 2.05) is 6.07 Å². The molecule has 0 saturated carbocycles. The summed E-state index contributed by atoms with van der Waals surface area (Å²) in [6.07, 6.45) is 3.00. The van der Waals surface area contributed by atoms with Crippen molar-refractivity contribution >= 4 is 11.8 Å². The Morgan fingerprint density at radius 3 is 2.24 bits per heavy atom. The Hall–Kier alpha value is -2.88. The molecule has 1 N–H and O–H groups in total. The molecule has 0 aliphatic rings. The molecule has 0 aromatic heterocycles. The summed E-state index contributed by atoms with van der Waals surface area (Å²) in [7, 11) is 1.72. The SMILES string of the molecule is CNC=CC(=O)c1ccc(OC(=O)c2ccccc2)cc1. The number of allylic oxidation sites excluding steroid dienone is 1. The van der Waals surface area contributed by atoms with Gasteiger partial charge in [0.1, 0.15) is 5.75 Å². The number of benzene rings is 2. The number of esters is 1. The van der Waals surface area contributed by atoms with E-state index in [0.29, 0.717) is 16.9 Å². The van der Waals surface area contributed by atoms with Crippen LogP contribution in [0.15, 0.2) is 66.9 Å². The number of carbonyl (C=O) groups excluding carboxylic acids is 2. The first kappa shape index (κ1) is 14.5. The molecule has 0 amide bonds. The van der Waals surface area contributed by atoms with Gasteiger partial charge in [-0.25, -0.2) is 4.79 Å². The topological polar surface area (TPSA) is 55.4 Å². The third-order valence-electron chi connectivity index (χ3n) is 2.76. The van der Waals surface area contributed by atoms with Crippen molar-refractivity contribution in [3.63, 3.8) is 0 Å². The van der Waals surface area contributed by atoms with Gasteiger partial charge < -0.3 is 10.1 Å². The minimum absolute atomic E-state index is 0.120. The van der Waals surface area contributed by atoms with Crippen LogP contribution in [0.3, 0.4) is 0 Å². The molecule has 21 heavy (non-hydrogen) atoms. The Balaban J connectivity index is 2.04. The van der Waals surface area contributed by atoms with Gasteiger partial charge in [0.25, 0.3) is 0 Å². The van der Waals surface area contributed by atoms with Crippen LogP contribution in [0, 0.1) is 0 Å². The Morgan fingerprint density at radius 2 is 1.62 bits per heavy atom. The van der Waals surface area contributed by atoms with E-state index in [2.05, 4.69) is 5.32 Å². The van der Waals surface area contributed by atoms with Crippen molar-refractivity contribution in [3.05, 3.63) is 78.0 Å². The molecule has 0 heterocycles. The minimum Gasteiger partial charge on any atom is -0.423 e. The Kier molecular flexibility index (Phi) is 4.88. The molecule has 4 nitrogen and oxygen atoms in total. The van der Waals surface area contributed by atoms with E-state index in [1.165, 1.54) is 6.08 Å². The lowest BCUT2D eigenvalue weighted by molar-refractivity contribution is 0.0734. The summed E-state index contributed by atoms with van der Waals surface area (Å²) in [6, 6.07) is 15.2. The maximum absolute atomic E-state index is 11.9. The van der Waals surface area contributed by atoms with Crippen molar-refractivity contribution < 1.29 is 14.3 Å². The van der Waals surface area contributed by atoms with Gasteiger partial charge in [0.15, 0.2) is 5.78 Å². The largest absolute Gasteiger partial charge is 0.423 e.